The highest BCUT2D eigenvalue weighted by atomic mass is 32.2. The van der Waals surface area contributed by atoms with Crippen molar-refractivity contribution in [1.82, 2.24) is 14.8 Å². The number of likely N-dealkylation sites (N-methyl/N-ethyl adjacent to an activating group) is 1. The van der Waals surface area contributed by atoms with E-state index in [1.165, 1.54) is 16.4 Å². The van der Waals surface area contributed by atoms with E-state index in [2.05, 4.69) is 51.2 Å². The number of nitrogens with zero attached hydrogens (tertiary/aromatic N) is 5. The number of thiazole rings is 1. The molecule has 0 saturated carbocycles. The SMILES string of the molecule is CN(CCN1CCOCC1)c1nc(-c2ccc(OCCCCCOc3ccc(/C(N)=N\O)cc3)cc2)c(CN2CCSCC2)s1. The molecule has 2 fully saturated rings. The van der Waals surface area contributed by atoms with Gasteiger partial charge in [0.1, 0.15) is 11.5 Å². The highest BCUT2D eigenvalue weighted by Gasteiger charge is 2.20. The molecule has 5 rings (SSSR count). The van der Waals surface area contributed by atoms with Crippen LogP contribution < -0.4 is 20.1 Å². The average Bonchev–Trinajstić information content (AvgIpc) is 3.51. The standard InChI is InChI=1S/C33H46N6O4S2/c1-37(13-14-38-15-21-41-22-16-38)33-35-31(30(45-33)25-39-17-23-44-24-18-39)26-5-9-28(10-6-26)42-19-3-2-4-20-43-29-11-7-27(8-12-29)32(34)36-40/h5-12,40H,2-4,13-25H2,1H3,(H2,34,36). The van der Waals surface area contributed by atoms with Gasteiger partial charge in [-0.3, -0.25) is 9.80 Å². The lowest BCUT2D eigenvalue weighted by atomic mass is 10.1. The first-order valence-electron chi connectivity index (χ1n) is 15.8. The summed E-state index contributed by atoms with van der Waals surface area (Å²) in [5.74, 6) is 4.14. The molecule has 0 amide bonds. The maximum Gasteiger partial charge on any atom is 0.185 e. The molecule has 12 heteroatoms. The van der Waals surface area contributed by atoms with E-state index in [0.717, 1.165) is 106 Å². The van der Waals surface area contributed by atoms with Gasteiger partial charge in [0.15, 0.2) is 11.0 Å². The maximum atomic E-state index is 8.77. The Labute approximate surface area is 275 Å². The van der Waals surface area contributed by atoms with Crippen molar-refractivity contribution >= 4 is 34.1 Å². The highest BCUT2D eigenvalue weighted by molar-refractivity contribution is 7.99. The lowest BCUT2D eigenvalue weighted by Gasteiger charge is -2.28. The Bertz CT molecular complexity index is 1330. The number of ether oxygens (including phenoxy) is 3. The second kappa shape index (κ2) is 17.6. The van der Waals surface area contributed by atoms with Gasteiger partial charge in [-0.25, -0.2) is 4.98 Å². The summed E-state index contributed by atoms with van der Waals surface area (Å²) >= 11 is 3.88. The highest BCUT2D eigenvalue weighted by Crippen LogP contribution is 2.35. The van der Waals surface area contributed by atoms with Crippen molar-refractivity contribution in [3.8, 4) is 22.8 Å². The van der Waals surface area contributed by atoms with Gasteiger partial charge in [0.2, 0.25) is 0 Å². The average molecular weight is 655 g/mol. The van der Waals surface area contributed by atoms with Crippen LogP contribution in [-0.2, 0) is 11.3 Å². The topological polar surface area (TPSA) is 109 Å². The predicted molar refractivity (Wildman–Crippen MR) is 184 cm³/mol. The van der Waals surface area contributed by atoms with Gasteiger partial charge in [-0.05, 0) is 67.8 Å². The molecule has 2 aliphatic rings. The van der Waals surface area contributed by atoms with Crippen LogP contribution in [0.2, 0.25) is 0 Å². The molecule has 244 valence electrons. The van der Waals surface area contributed by atoms with Gasteiger partial charge in [0, 0.05) is 80.4 Å². The second-order valence-electron chi connectivity index (χ2n) is 11.3. The Morgan fingerprint density at radius 2 is 1.58 bits per heavy atom. The molecule has 3 aromatic rings. The fourth-order valence-corrected chi connectivity index (χ4v) is 7.35. The van der Waals surface area contributed by atoms with E-state index in [1.807, 2.05) is 35.2 Å². The Hall–Kier alpha value is -3.03. The number of hydrogen-bond acceptors (Lipinski definition) is 11. The number of nitrogens with two attached hydrogens (primary N) is 1. The molecule has 10 nitrogen and oxygen atoms in total. The van der Waals surface area contributed by atoms with Gasteiger partial charge in [0.25, 0.3) is 0 Å². The third-order valence-electron chi connectivity index (χ3n) is 8.05. The Morgan fingerprint density at radius 3 is 2.22 bits per heavy atom. The molecule has 0 atom stereocenters. The van der Waals surface area contributed by atoms with Gasteiger partial charge in [-0.2, -0.15) is 11.8 Å². The number of anilines is 1. The van der Waals surface area contributed by atoms with Gasteiger partial charge < -0.3 is 30.1 Å². The van der Waals surface area contributed by atoms with Crippen LogP contribution in [0.15, 0.2) is 53.7 Å². The van der Waals surface area contributed by atoms with Crippen LogP contribution in [0.4, 0.5) is 5.13 Å². The molecule has 2 aromatic carbocycles. The molecule has 0 spiro atoms. The molecule has 1 aromatic heterocycles. The summed E-state index contributed by atoms with van der Waals surface area (Å²) in [4.78, 5) is 13.9. The van der Waals surface area contributed by atoms with Crippen molar-refractivity contribution < 1.29 is 19.4 Å². The molecule has 0 bridgehead atoms. The number of hydrogen-bond donors (Lipinski definition) is 2. The quantitative estimate of drug-likeness (QED) is 0.0732. The summed E-state index contributed by atoms with van der Waals surface area (Å²) in [6, 6.07) is 15.6. The summed E-state index contributed by atoms with van der Waals surface area (Å²) in [5.41, 5.74) is 8.50. The lowest BCUT2D eigenvalue weighted by molar-refractivity contribution is 0.0393. The minimum Gasteiger partial charge on any atom is -0.494 e. The fraction of sp³-hybridized carbons (Fsp3) is 0.515. The summed E-state index contributed by atoms with van der Waals surface area (Å²) in [7, 11) is 2.16. The van der Waals surface area contributed by atoms with E-state index in [4.69, 9.17) is 30.1 Å². The zero-order valence-corrected chi connectivity index (χ0v) is 27.9. The normalized spacial score (nSPS) is 16.5. The molecule has 0 aliphatic carbocycles. The number of benzene rings is 2. The third kappa shape index (κ3) is 10.2. The van der Waals surface area contributed by atoms with Crippen LogP contribution in [0.5, 0.6) is 11.5 Å². The molecule has 0 radical (unpaired) electrons. The first-order valence-corrected chi connectivity index (χ1v) is 17.8. The summed E-state index contributed by atoms with van der Waals surface area (Å²) in [6.07, 6.45) is 2.91. The van der Waals surface area contributed by atoms with Crippen LogP contribution in [0.25, 0.3) is 11.3 Å². The number of morpholine rings is 1. The fourth-order valence-electron chi connectivity index (χ4n) is 5.26. The molecule has 3 N–H and O–H groups in total. The number of unbranched alkanes of at least 4 members (excludes halogenated alkanes) is 2. The molecular weight excluding hydrogens is 609 g/mol. The third-order valence-corrected chi connectivity index (χ3v) is 10.1. The summed E-state index contributed by atoms with van der Waals surface area (Å²) in [5, 5.41) is 12.9. The van der Waals surface area contributed by atoms with Crippen molar-refractivity contribution in [2.45, 2.75) is 25.8 Å². The van der Waals surface area contributed by atoms with Gasteiger partial charge in [0.05, 0.1) is 32.1 Å². The van der Waals surface area contributed by atoms with E-state index in [-0.39, 0.29) is 5.84 Å². The van der Waals surface area contributed by atoms with Crippen LogP contribution in [0.1, 0.15) is 29.7 Å². The van der Waals surface area contributed by atoms with E-state index < -0.39 is 0 Å². The maximum absolute atomic E-state index is 8.77. The van der Waals surface area contributed by atoms with E-state index in [1.54, 1.807) is 12.1 Å². The van der Waals surface area contributed by atoms with Gasteiger partial charge >= 0.3 is 0 Å². The summed E-state index contributed by atoms with van der Waals surface area (Å²) in [6.45, 7) is 10.2. The number of amidine groups is 1. The Morgan fingerprint density at radius 1 is 0.933 bits per heavy atom. The number of aromatic nitrogens is 1. The van der Waals surface area contributed by atoms with Gasteiger partial charge in [-0.1, -0.05) is 16.5 Å². The smallest absolute Gasteiger partial charge is 0.185 e. The number of thioether (sulfide) groups is 1. The van der Waals surface area contributed by atoms with Crippen molar-refractivity contribution in [2.75, 3.05) is 89.1 Å². The van der Waals surface area contributed by atoms with Crippen molar-refractivity contribution in [3.05, 3.63) is 59.0 Å². The molecule has 0 unspecified atom stereocenters. The zero-order chi connectivity index (χ0) is 31.3. The Balaban J connectivity index is 1.09. The van der Waals surface area contributed by atoms with Crippen LogP contribution in [0.3, 0.4) is 0 Å². The molecule has 2 saturated heterocycles. The zero-order valence-electron chi connectivity index (χ0n) is 26.2. The van der Waals surface area contributed by atoms with Crippen molar-refractivity contribution in [1.29, 1.82) is 0 Å². The molecule has 2 aliphatic heterocycles. The second-order valence-corrected chi connectivity index (χ2v) is 13.6. The van der Waals surface area contributed by atoms with Crippen LogP contribution in [-0.4, -0.2) is 110 Å². The predicted octanol–water partition coefficient (Wildman–Crippen LogP) is 4.85. The number of oxime groups is 1. The number of rotatable bonds is 16. The van der Waals surface area contributed by atoms with Crippen molar-refractivity contribution in [2.24, 2.45) is 10.9 Å². The minimum atomic E-state index is 0.0869. The van der Waals surface area contributed by atoms with Gasteiger partial charge in [-0.15, -0.1) is 0 Å². The monoisotopic (exact) mass is 654 g/mol. The van der Waals surface area contributed by atoms with Crippen LogP contribution in [0, 0.1) is 0 Å². The minimum absolute atomic E-state index is 0.0869. The van der Waals surface area contributed by atoms with Crippen molar-refractivity contribution in [3.63, 3.8) is 0 Å². The largest absolute Gasteiger partial charge is 0.494 e. The molecule has 3 heterocycles. The van der Waals surface area contributed by atoms with E-state index in [9.17, 15) is 0 Å². The van der Waals surface area contributed by atoms with E-state index in [0.29, 0.717) is 18.8 Å². The first-order chi connectivity index (χ1) is 22.1. The first kappa shape index (κ1) is 33.3. The lowest BCUT2D eigenvalue weighted by Crippen LogP contribution is -2.40. The summed E-state index contributed by atoms with van der Waals surface area (Å²) < 4.78 is 17.4. The van der Waals surface area contributed by atoms with Crippen LogP contribution >= 0.6 is 23.1 Å². The molecule has 45 heavy (non-hydrogen) atoms. The van der Waals surface area contributed by atoms with E-state index >= 15 is 0 Å². The Kier molecular flexibility index (Phi) is 13.0. The molecular formula is C33H46N6O4S2.